The second kappa shape index (κ2) is 6.83. The zero-order valence-corrected chi connectivity index (χ0v) is 14.2. The molecule has 0 saturated heterocycles. The Labute approximate surface area is 148 Å². The maximum atomic E-state index is 12.6. The molecule has 0 spiro atoms. The number of pyridine rings is 1. The quantitative estimate of drug-likeness (QED) is 0.495. The average Bonchev–Trinajstić information content (AvgIpc) is 2.61. The zero-order valence-electron chi connectivity index (χ0n) is 14.2. The van der Waals surface area contributed by atoms with E-state index in [4.69, 9.17) is 4.74 Å². The van der Waals surface area contributed by atoms with Gasteiger partial charge in [0, 0.05) is 29.7 Å². The number of nitro benzene ring substituents is 1. The van der Waals surface area contributed by atoms with E-state index in [2.05, 4.69) is 10.3 Å². The number of carbonyl (C=O) groups is 1. The predicted molar refractivity (Wildman–Crippen MR) is 95.0 cm³/mol. The summed E-state index contributed by atoms with van der Waals surface area (Å²) in [5.41, 5.74) is 1.66. The number of rotatable bonds is 4. The number of H-pyrrole nitrogens is 1. The van der Waals surface area contributed by atoms with Crippen molar-refractivity contribution in [2.24, 2.45) is 0 Å². The van der Waals surface area contributed by atoms with E-state index < -0.39 is 16.8 Å². The van der Waals surface area contributed by atoms with E-state index >= 15 is 0 Å². The van der Waals surface area contributed by atoms with Gasteiger partial charge in [-0.05, 0) is 25.5 Å². The molecule has 1 unspecified atom stereocenters. The number of benzene rings is 1. The highest BCUT2D eigenvalue weighted by atomic mass is 16.6. The molecule has 1 aliphatic rings. The first-order valence-corrected chi connectivity index (χ1v) is 8.04. The van der Waals surface area contributed by atoms with Gasteiger partial charge in [-0.15, -0.1) is 0 Å². The first kappa shape index (κ1) is 17.4. The van der Waals surface area contributed by atoms with E-state index in [0.29, 0.717) is 22.5 Å². The Kier molecular flexibility index (Phi) is 4.57. The molecule has 8 nitrogen and oxygen atoms in total. The van der Waals surface area contributed by atoms with Crippen LogP contribution in [0.5, 0.6) is 0 Å². The molecule has 1 atom stereocenters. The van der Waals surface area contributed by atoms with Crippen molar-refractivity contribution in [1.82, 2.24) is 4.98 Å². The third-order valence-corrected chi connectivity index (χ3v) is 4.21. The number of hydrogen-bond donors (Lipinski definition) is 2. The molecule has 2 N–H and O–H groups in total. The number of anilines is 1. The van der Waals surface area contributed by atoms with E-state index in [9.17, 15) is 19.7 Å². The Bertz CT molecular complexity index is 977. The summed E-state index contributed by atoms with van der Waals surface area (Å²) in [6, 6.07) is 7.61. The number of carbonyl (C=O) groups excluding carboxylic acids is 1. The summed E-state index contributed by atoms with van der Waals surface area (Å²) in [5, 5.41) is 14.2. The lowest BCUT2D eigenvalue weighted by molar-refractivity contribution is -0.384. The second-order valence-corrected chi connectivity index (χ2v) is 5.80. The Balaban J connectivity index is 2.26. The van der Waals surface area contributed by atoms with Gasteiger partial charge in [0.25, 0.3) is 11.2 Å². The van der Waals surface area contributed by atoms with Crippen molar-refractivity contribution >= 4 is 17.3 Å². The van der Waals surface area contributed by atoms with Gasteiger partial charge in [-0.25, -0.2) is 4.79 Å². The minimum absolute atomic E-state index is 0.115. The fourth-order valence-electron chi connectivity index (χ4n) is 3.15. The SMILES string of the molecule is CCOC(=O)C1=C(C)Nc2cc[nH]c(=O)c2C1c1cccc([N+](=O)[O-])c1. The van der Waals surface area contributed by atoms with Crippen LogP contribution in [0.3, 0.4) is 0 Å². The molecule has 3 rings (SSSR count). The third kappa shape index (κ3) is 2.97. The van der Waals surface area contributed by atoms with Gasteiger partial charge in [-0.1, -0.05) is 12.1 Å². The van der Waals surface area contributed by atoms with Crippen molar-refractivity contribution in [3.05, 3.63) is 79.4 Å². The minimum atomic E-state index is -0.768. The molecule has 26 heavy (non-hydrogen) atoms. The van der Waals surface area contributed by atoms with Crippen LogP contribution in [0.4, 0.5) is 11.4 Å². The summed E-state index contributed by atoms with van der Waals surface area (Å²) >= 11 is 0. The van der Waals surface area contributed by atoms with Gasteiger partial charge in [0.1, 0.15) is 0 Å². The highest BCUT2D eigenvalue weighted by molar-refractivity contribution is 5.94. The highest BCUT2D eigenvalue weighted by Crippen LogP contribution is 2.40. The first-order valence-electron chi connectivity index (χ1n) is 8.04. The molecule has 1 aliphatic heterocycles. The topological polar surface area (TPSA) is 114 Å². The monoisotopic (exact) mass is 355 g/mol. The van der Waals surface area contributed by atoms with Crippen LogP contribution in [0, 0.1) is 10.1 Å². The lowest BCUT2D eigenvalue weighted by atomic mass is 9.81. The number of ether oxygens (including phenoxy) is 1. The van der Waals surface area contributed by atoms with Crippen LogP contribution in [0.1, 0.15) is 30.9 Å². The van der Waals surface area contributed by atoms with E-state index in [1.54, 1.807) is 26.0 Å². The normalized spacial score (nSPS) is 15.8. The zero-order chi connectivity index (χ0) is 18.8. The molecule has 0 fully saturated rings. The third-order valence-electron chi connectivity index (χ3n) is 4.21. The van der Waals surface area contributed by atoms with Crippen LogP contribution < -0.4 is 10.9 Å². The van der Waals surface area contributed by atoms with Crippen LogP contribution in [0.2, 0.25) is 0 Å². The Hall–Kier alpha value is -3.42. The Morgan fingerprint density at radius 2 is 2.12 bits per heavy atom. The van der Waals surface area contributed by atoms with Crippen molar-refractivity contribution in [2.45, 2.75) is 19.8 Å². The van der Waals surface area contributed by atoms with Gasteiger partial charge >= 0.3 is 5.97 Å². The molecule has 8 heteroatoms. The molecular weight excluding hydrogens is 338 g/mol. The van der Waals surface area contributed by atoms with Crippen molar-refractivity contribution in [2.75, 3.05) is 11.9 Å². The summed E-state index contributed by atoms with van der Waals surface area (Å²) < 4.78 is 5.15. The van der Waals surface area contributed by atoms with Crippen molar-refractivity contribution < 1.29 is 14.5 Å². The largest absolute Gasteiger partial charge is 0.463 e. The first-order chi connectivity index (χ1) is 12.4. The van der Waals surface area contributed by atoms with Gasteiger partial charge in [0.2, 0.25) is 0 Å². The molecule has 134 valence electrons. The molecule has 2 heterocycles. The summed E-state index contributed by atoms with van der Waals surface area (Å²) in [4.78, 5) is 38.3. The lowest BCUT2D eigenvalue weighted by Gasteiger charge is -2.29. The summed E-state index contributed by atoms with van der Waals surface area (Å²) in [6.45, 7) is 3.57. The molecule has 0 amide bonds. The molecule has 0 saturated carbocycles. The summed E-state index contributed by atoms with van der Waals surface area (Å²) in [6.07, 6.45) is 1.50. The lowest BCUT2D eigenvalue weighted by Crippen LogP contribution is -2.29. The van der Waals surface area contributed by atoms with E-state index in [1.807, 2.05) is 0 Å². The standard InChI is InChI=1S/C18H17N3O5/c1-3-26-18(23)14-10(2)20-13-7-8-19-17(22)16(13)15(14)11-5-4-6-12(9-11)21(24)25/h4-9,15,20H,3H2,1-2H3,(H,19,22). The predicted octanol–water partition coefficient (Wildman–Crippen LogP) is 2.68. The van der Waals surface area contributed by atoms with Crippen molar-refractivity contribution in [3.63, 3.8) is 0 Å². The maximum Gasteiger partial charge on any atom is 0.336 e. The summed E-state index contributed by atoms with van der Waals surface area (Å²) in [5.74, 6) is -1.34. The number of fused-ring (bicyclic) bond motifs is 1. The van der Waals surface area contributed by atoms with Crippen LogP contribution in [-0.2, 0) is 9.53 Å². The fourth-order valence-corrected chi connectivity index (χ4v) is 3.15. The number of nitro groups is 1. The molecule has 0 radical (unpaired) electrons. The van der Waals surface area contributed by atoms with Crippen LogP contribution >= 0.6 is 0 Å². The van der Waals surface area contributed by atoms with E-state index in [1.165, 1.54) is 24.4 Å². The number of esters is 1. The molecule has 0 aliphatic carbocycles. The smallest absolute Gasteiger partial charge is 0.336 e. The van der Waals surface area contributed by atoms with Gasteiger partial charge in [-0.2, -0.15) is 0 Å². The highest BCUT2D eigenvalue weighted by Gasteiger charge is 2.35. The van der Waals surface area contributed by atoms with Crippen LogP contribution in [0.25, 0.3) is 0 Å². The molecule has 0 bridgehead atoms. The van der Waals surface area contributed by atoms with Crippen molar-refractivity contribution in [3.8, 4) is 0 Å². The number of aromatic amines is 1. The number of nitrogens with zero attached hydrogens (tertiary/aromatic N) is 1. The molecule has 1 aromatic heterocycles. The van der Waals surface area contributed by atoms with Gasteiger partial charge in [0.05, 0.1) is 28.6 Å². The fraction of sp³-hybridized carbons (Fsp3) is 0.222. The van der Waals surface area contributed by atoms with Crippen LogP contribution in [-0.4, -0.2) is 22.5 Å². The average molecular weight is 355 g/mol. The number of aromatic nitrogens is 1. The molecule has 2 aromatic rings. The Morgan fingerprint density at radius 3 is 2.81 bits per heavy atom. The van der Waals surface area contributed by atoms with E-state index in [-0.39, 0.29) is 23.4 Å². The van der Waals surface area contributed by atoms with Gasteiger partial charge in [-0.3, -0.25) is 14.9 Å². The Morgan fingerprint density at radius 1 is 1.35 bits per heavy atom. The maximum absolute atomic E-state index is 12.6. The number of nitrogens with one attached hydrogen (secondary N) is 2. The minimum Gasteiger partial charge on any atom is -0.463 e. The number of hydrogen-bond acceptors (Lipinski definition) is 6. The second-order valence-electron chi connectivity index (χ2n) is 5.80. The van der Waals surface area contributed by atoms with Gasteiger partial charge < -0.3 is 15.0 Å². The summed E-state index contributed by atoms with van der Waals surface area (Å²) in [7, 11) is 0. The number of allylic oxidation sites excluding steroid dienone is 1. The number of non-ortho nitro benzene ring substituents is 1. The van der Waals surface area contributed by atoms with Gasteiger partial charge in [0.15, 0.2) is 0 Å². The van der Waals surface area contributed by atoms with Crippen molar-refractivity contribution in [1.29, 1.82) is 0 Å². The molecular formula is C18H17N3O5. The van der Waals surface area contributed by atoms with Crippen LogP contribution in [0.15, 0.2) is 52.6 Å². The van der Waals surface area contributed by atoms with E-state index in [0.717, 1.165) is 0 Å². The molecule has 1 aromatic carbocycles.